The number of carbonyl (C=O) groups is 4. The molecule has 0 amide bonds. The van der Waals surface area contributed by atoms with Gasteiger partial charge in [0.15, 0.2) is 0 Å². The lowest BCUT2D eigenvalue weighted by Gasteiger charge is -2.41. The molecule has 0 aromatic rings. The maximum Gasteiger partial charge on any atom is 0.307 e. The molecule has 0 aromatic carbocycles. The number of carboxylic acid groups (broad SMARTS) is 4. The zero-order valence-corrected chi connectivity index (χ0v) is 14.7. The highest BCUT2D eigenvalue weighted by Crippen LogP contribution is 2.45. The first-order chi connectivity index (χ1) is 12.1. The van der Waals surface area contributed by atoms with Gasteiger partial charge in [0, 0.05) is 0 Å². The predicted molar refractivity (Wildman–Crippen MR) is 88.3 cm³/mol. The summed E-state index contributed by atoms with van der Waals surface area (Å²) in [5.41, 5.74) is 0. The van der Waals surface area contributed by atoms with Crippen LogP contribution in [0.15, 0.2) is 0 Å². The van der Waals surface area contributed by atoms with Crippen molar-refractivity contribution < 1.29 is 39.6 Å². The van der Waals surface area contributed by atoms with Gasteiger partial charge in [-0.2, -0.15) is 0 Å². The van der Waals surface area contributed by atoms with Crippen LogP contribution in [0.4, 0.5) is 0 Å². The van der Waals surface area contributed by atoms with E-state index in [0.29, 0.717) is 25.7 Å². The fourth-order valence-electron chi connectivity index (χ4n) is 4.88. The van der Waals surface area contributed by atoms with Gasteiger partial charge in [-0.25, -0.2) is 0 Å². The molecule has 0 spiro atoms. The molecule has 2 aliphatic rings. The topological polar surface area (TPSA) is 149 Å². The highest BCUT2D eigenvalue weighted by Gasteiger charge is 2.45. The van der Waals surface area contributed by atoms with Crippen LogP contribution in [-0.4, -0.2) is 44.3 Å². The monoisotopic (exact) mass is 370 g/mol. The quantitative estimate of drug-likeness (QED) is 0.555. The maximum atomic E-state index is 11.5. The van der Waals surface area contributed by atoms with Crippen LogP contribution in [0.2, 0.25) is 0 Å². The number of aliphatic carboxylic acids is 4. The van der Waals surface area contributed by atoms with Crippen LogP contribution in [0.25, 0.3) is 0 Å². The molecule has 4 N–H and O–H groups in total. The molecule has 6 atom stereocenters. The summed E-state index contributed by atoms with van der Waals surface area (Å²) in [6.07, 6.45) is 2.33. The SMILES string of the molecule is CC(C1CCC(C(=O)O)C(C(=O)O)C1)C1CCC(C(=O)O)C(C(=O)O)C1. The van der Waals surface area contributed by atoms with Gasteiger partial charge in [-0.05, 0) is 56.3 Å². The van der Waals surface area contributed by atoms with Gasteiger partial charge in [0.25, 0.3) is 0 Å². The Balaban J connectivity index is 2.08. The second-order valence-electron chi connectivity index (χ2n) is 7.78. The predicted octanol–water partition coefficient (Wildman–Crippen LogP) is 2.03. The van der Waals surface area contributed by atoms with E-state index >= 15 is 0 Å². The Hall–Kier alpha value is -2.12. The molecule has 0 saturated heterocycles. The fourth-order valence-corrected chi connectivity index (χ4v) is 4.88. The Labute approximate surface area is 151 Å². The summed E-state index contributed by atoms with van der Waals surface area (Å²) >= 11 is 0. The molecular formula is C18H26O8. The van der Waals surface area contributed by atoms with Gasteiger partial charge < -0.3 is 20.4 Å². The lowest BCUT2D eigenvalue weighted by molar-refractivity contribution is -0.158. The highest BCUT2D eigenvalue weighted by atomic mass is 16.4. The molecule has 0 bridgehead atoms. The first-order valence-electron chi connectivity index (χ1n) is 9.04. The second-order valence-corrected chi connectivity index (χ2v) is 7.78. The minimum atomic E-state index is -1.10. The number of carboxylic acids is 4. The van der Waals surface area contributed by atoms with Gasteiger partial charge in [0.2, 0.25) is 0 Å². The standard InChI is InChI=1S/C18H26O8/c1-8(9-2-4-11(15(19)20)13(6-9)17(23)24)10-3-5-12(16(21)22)14(7-10)18(25)26/h8-14H,2-7H2,1H3,(H,19,20)(H,21,22)(H,23,24)(H,25,26). The molecule has 0 radical (unpaired) electrons. The van der Waals surface area contributed by atoms with E-state index in [2.05, 4.69) is 0 Å². The van der Waals surface area contributed by atoms with Crippen molar-refractivity contribution >= 4 is 23.9 Å². The normalized spacial score (nSPS) is 36.0. The van der Waals surface area contributed by atoms with Crippen molar-refractivity contribution in [3.63, 3.8) is 0 Å². The zero-order chi connectivity index (χ0) is 19.6. The average Bonchev–Trinajstić information content (AvgIpc) is 2.59. The molecule has 2 saturated carbocycles. The Morgan fingerprint density at radius 2 is 0.923 bits per heavy atom. The van der Waals surface area contributed by atoms with Crippen molar-refractivity contribution in [3.8, 4) is 0 Å². The molecule has 2 fully saturated rings. The molecule has 8 heteroatoms. The second kappa shape index (κ2) is 8.05. The molecule has 8 nitrogen and oxygen atoms in total. The molecular weight excluding hydrogens is 344 g/mol. The first kappa shape index (κ1) is 20.2. The van der Waals surface area contributed by atoms with Crippen LogP contribution in [0.1, 0.15) is 45.4 Å². The van der Waals surface area contributed by atoms with Crippen LogP contribution >= 0.6 is 0 Å². The van der Waals surface area contributed by atoms with Gasteiger partial charge in [-0.1, -0.05) is 6.92 Å². The van der Waals surface area contributed by atoms with Crippen molar-refractivity contribution in [3.05, 3.63) is 0 Å². The van der Waals surface area contributed by atoms with Crippen molar-refractivity contribution in [1.29, 1.82) is 0 Å². The number of rotatable bonds is 6. The van der Waals surface area contributed by atoms with Crippen LogP contribution in [0.3, 0.4) is 0 Å². The summed E-state index contributed by atoms with van der Waals surface area (Å²) in [5, 5.41) is 37.2. The maximum absolute atomic E-state index is 11.5. The molecule has 26 heavy (non-hydrogen) atoms. The van der Waals surface area contributed by atoms with E-state index in [1.807, 2.05) is 6.92 Å². The van der Waals surface area contributed by atoms with E-state index in [0.717, 1.165) is 0 Å². The first-order valence-corrected chi connectivity index (χ1v) is 9.04. The third kappa shape index (κ3) is 4.16. The van der Waals surface area contributed by atoms with Crippen LogP contribution in [0, 0.1) is 41.4 Å². The summed E-state index contributed by atoms with van der Waals surface area (Å²) < 4.78 is 0. The lowest BCUT2D eigenvalue weighted by atomic mass is 9.63. The number of hydrogen-bond acceptors (Lipinski definition) is 4. The summed E-state index contributed by atoms with van der Waals surface area (Å²) in [7, 11) is 0. The van der Waals surface area contributed by atoms with Crippen molar-refractivity contribution in [1.82, 2.24) is 0 Å². The van der Waals surface area contributed by atoms with E-state index in [1.54, 1.807) is 0 Å². The lowest BCUT2D eigenvalue weighted by Crippen LogP contribution is -2.41. The largest absolute Gasteiger partial charge is 0.481 e. The van der Waals surface area contributed by atoms with Gasteiger partial charge in [0.05, 0.1) is 23.7 Å². The molecule has 0 aliphatic heterocycles. The smallest absolute Gasteiger partial charge is 0.307 e. The minimum absolute atomic E-state index is 0.00697. The Kier molecular flexibility index (Phi) is 6.26. The summed E-state index contributed by atoms with van der Waals surface area (Å²) in [6, 6.07) is 0. The highest BCUT2D eigenvalue weighted by molar-refractivity contribution is 5.80. The Morgan fingerprint density at radius 3 is 1.19 bits per heavy atom. The third-order valence-corrected chi connectivity index (χ3v) is 6.54. The van der Waals surface area contributed by atoms with Crippen LogP contribution in [-0.2, 0) is 19.2 Å². The molecule has 2 aliphatic carbocycles. The molecule has 6 unspecified atom stereocenters. The fraction of sp³-hybridized carbons (Fsp3) is 0.778. The van der Waals surface area contributed by atoms with Crippen molar-refractivity contribution in [2.45, 2.75) is 45.4 Å². The molecule has 0 aromatic heterocycles. The molecule has 2 rings (SSSR count). The average molecular weight is 370 g/mol. The third-order valence-electron chi connectivity index (χ3n) is 6.54. The van der Waals surface area contributed by atoms with E-state index < -0.39 is 47.5 Å². The van der Waals surface area contributed by atoms with Gasteiger partial charge in [-0.3, -0.25) is 19.2 Å². The Morgan fingerprint density at radius 1 is 0.615 bits per heavy atom. The van der Waals surface area contributed by atoms with E-state index in [-0.39, 0.29) is 30.6 Å². The minimum Gasteiger partial charge on any atom is -0.481 e. The summed E-state index contributed by atoms with van der Waals surface area (Å²) in [5.74, 6) is -7.97. The van der Waals surface area contributed by atoms with E-state index in [1.165, 1.54) is 0 Å². The van der Waals surface area contributed by atoms with Crippen molar-refractivity contribution in [2.24, 2.45) is 41.4 Å². The molecule has 0 heterocycles. The zero-order valence-electron chi connectivity index (χ0n) is 14.7. The summed E-state index contributed by atoms with van der Waals surface area (Å²) in [6.45, 7) is 1.95. The van der Waals surface area contributed by atoms with Gasteiger partial charge >= 0.3 is 23.9 Å². The van der Waals surface area contributed by atoms with E-state index in [9.17, 15) is 39.6 Å². The Bertz CT molecular complexity index is 536. The van der Waals surface area contributed by atoms with Crippen molar-refractivity contribution in [2.75, 3.05) is 0 Å². The van der Waals surface area contributed by atoms with Gasteiger partial charge in [-0.15, -0.1) is 0 Å². The summed E-state index contributed by atoms with van der Waals surface area (Å²) in [4.78, 5) is 45.5. The van der Waals surface area contributed by atoms with Crippen LogP contribution < -0.4 is 0 Å². The van der Waals surface area contributed by atoms with E-state index in [4.69, 9.17) is 0 Å². The van der Waals surface area contributed by atoms with Crippen LogP contribution in [0.5, 0.6) is 0 Å². The molecule has 146 valence electrons. The van der Waals surface area contributed by atoms with Gasteiger partial charge in [0.1, 0.15) is 0 Å². The number of hydrogen-bond donors (Lipinski definition) is 4.